The molecule has 192 valence electrons. The molecule has 2 fully saturated rings. The Kier molecular flexibility index (Phi) is 6.78. The number of carbonyl (C=O) groups excluding carboxylic acids is 1. The van der Waals surface area contributed by atoms with Crippen molar-refractivity contribution in [2.24, 2.45) is 7.05 Å². The van der Waals surface area contributed by atoms with Gasteiger partial charge in [0.15, 0.2) is 0 Å². The Bertz CT molecular complexity index is 1330. The summed E-state index contributed by atoms with van der Waals surface area (Å²) in [6.45, 7) is 3.79. The number of hydrogen-bond donors (Lipinski definition) is 1. The van der Waals surface area contributed by atoms with Crippen LogP contribution >= 0.6 is 0 Å². The zero-order valence-corrected chi connectivity index (χ0v) is 22.0. The molecule has 0 unspecified atom stereocenters. The highest BCUT2D eigenvalue weighted by Gasteiger charge is 2.42. The molecular formula is C30H35N5O2. The Labute approximate surface area is 219 Å². The molecule has 2 aromatic carbocycles. The number of rotatable bonds is 6. The van der Waals surface area contributed by atoms with Gasteiger partial charge < -0.3 is 19.5 Å². The van der Waals surface area contributed by atoms with E-state index in [0.717, 1.165) is 68.4 Å². The van der Waals surface area contributed by atoms with Crippen LogP contribution in [0.5, 0.6) is 11.5 Å². The first-order valence-electron chi connectivity index (χ1n) is 13.2. The van der Waals surface area contributed by atoms with E-state index in [0.29, 0.717) is 17.1 Å². The molecule has 2 aliphatic heterocycles. The van der Waals surface area contributed by atoms with Crippen molar-refractivity contribution in [3.8, 4) is 17.6 Å². The Morgan fingerprint density at radius 3 is 2.68 bits per heavy atom. The van der Waals surface area contributed by atoms with E-state index in [1.54, 1.807) is 0 Å². The van der Waals surface area contributed by atoms with E-state index < -0.39 is 5.41 Å². The molecule has 37 heavy (non-hydrogen) atoms. The Hall–Kier alpha value is -3.63. The van der Waals surface area contributed by atoms with E-state index in [1.165, 1.54) is 0 Å². The average molecular weight is 498 g/mol. The summed E-state index contributed by atoms with van der Waals surface area (Å²) in [4.78, 5) is 19.7. The van der Waals surface area contributed by atoms with Crippen molar-refractivity contribution in [2.45, 2.75) is 56.4 Å². The number of carbonyl (C=O) groups is 1. The lowest BCUT2D eigenvalue weighted by Gasteiger charge is -2.33. The van der Waals surface area contributed by atoms with Gasteiger partial charge in [0, 0.05) is 20.6 Å². The standard InChI is InChI=1S/C30H35N5O2/c1-4-29(13-5-6-16-34(2)28(29)36)23-9-7-10-25(17-23)37-26-18-24(12-11-22(26)19-31)30(14-8-15-33-30)27-20-32-21-35(27)3/h7,9-12,17-18,20-21,33H,4-6,8,13-16H2,1-3H3/t29-,30+/m1/s1. The predicted molar refractivity (Wildman–Crippen MR) is 142 cm³/mol. The third-order valence-corrected chi connectivity index (χ3v) is 8.33. The van der Waals surface area contributed by atoms with Gasteiger partial charge in [-0.3, -0.25) is 4.79 Å². The van der Waals surface area contributed by atoms with Crippen LogP contribution in [0.1, 0.15) is 67.8 Å². The number of imidazole rings is 1. The first kappa shape index (κ1) is 25.0. The van der Waals surface area contributed by atoms with Gasteiger partial charge in [0.2, 0.25) is 5.91 Å². The average Bonchev–Trinajstić information content (AvgIpc) is 3.55. The summed E-state index contributed by atoms with van der Waals surface area (Å²) in [5.41, 5.74) is 2.64. The van der Waals surface area contributed by atoms with E-state index in [-0.39, 0.29) is 11.4 Å². The summed E-state index contributed by atoms with van der Waals surface area (Å²) in [6.07, 6.45) is 9.30. The number of likely N-dealkylation sites (tertiary alicyclic amines) is 1. The van der Waals surface area contributed by atoms with E-state index in [9.17, 15) is 10.1 Å². The minimum absolute atomic E-state index is 0.176. The van der Waals surface area contributed by atoms with Crippen molar-refractivity contribution in [3.05, 3.63) is 77.4 Å². The predicted octanol–water partition coefficient (Wildman–Crippen LogP) is 5.00. The summed E-state index contributed by atoms with van der Waals surface area (Å²) in [6, 6.07) is 16.0. The van der Waals surface area contributed by atoms with Gasteiger partial charge in [0.25, 0.3) is 0 Å². The van der Waals surface area contributed by atoms with Crippen molar-refractivity contribution in [2.75, 3.05) is 20.1 Å². The summed E-state index contributed by atoms with van der Waals surface area (Å²) < 4.78 is 8.46. The van der Waals surface area contributed by atoms with Gasteiger partial charge in [0.05, 0.1) is 34.7 Å². The molecule has 2 saturated heterocycles. The highest BCUT2D eigenvalue weighted by Crippen LogP contribution is 2.42. The summed E-state index contributed by atoms with van der Waals surface area (Å²) >= 11 is 0. The van der Waals surface area contributed by atoms with Crippen LogP contribution in [-0.4, -0.2) is 40.5 Å². The lowest BCUT2D eigenvalue weighted by Crippen LogP contribution is -2.43. The van der Waals surface area contributed by atoms with Crippen LogP contribution in [0.4, 0.5) is 0 Å². The van der Waals surface area contributed by atoms with Crippen molar-refractivity contribution in [1.82, 2.24) is 19.8 Å². The monoisotopic (exact) mass is 497 g/mol. The molecule has 2 atom stereocenters. The number of nitrogens with zero attached hydrogens (tertiary/aromatic N) is 4. The van der Waals surface area contributed by atoms with Crippen LogP contribution in [0.2, 0.25) is 0 Å². The van der Waals surface area contributed by atoms with Gasteiger partial charge in [-0.25, -0.2) is 4.98 Å². The van der Waals surface area contributed by atoms with E-state index >= 15 is 0 Å². The molecule has 0 aliphatic carbocycles. The normalized spacial score (nSPS) is 24.1. The topological polar surface area (TPSA) is 83.2 Å². The maximum atomic E-state index is 13.5. The quantitative estimate of drug-likeness (QED) is 0.518. The molecule has 0 spiro atoms. The highest BCUT2D eigenvalue weighted by atomic mass is 16.5. The molecule has 7 heteroatoms. The first-order valence-corrected chi connectivity index (χ1v) is 13.2. The number of likely N-dealkylation sites (N-methyl/N-ethyl adjacent to an activating group) is 1. The second-order valence-corrected chi connectivity index (χ2v) is 10.4. The van der Waals surface area contributed by atoms with Gasteiger partial charge in [-0.05, 0) is 74.0 Å². The largest absolute Gasteiger partial charge is 0.456 e. The number of ether oxygens (including phenoxy) is 1. The fourth-order valence-electron chi connectivity index (χ4n) is 6.22. The minimum Gasteiger partial charge on any atom is -0.456 e. The number of hydrogen-bond acceptors (Lipinski definition) is 5. The third kappa shape index (κ3) is 4.30. The molecular weight excluding hydrogens is 462 g/mol. The fraction of sp³-hybridized carbons (Fsp3) is 0.433. The van der Waals surface area contributed by atoms with Gasteiger partial charge in [-0.15, -0.1) is 0 Å². The fourth-order valence-corrected chi connectivity index (χ4v) is 6.22. The number of aryl methyl sites for hydroxylation is 1. The van der Waals surface area contributed by atoms with Crippen LogP contribution in [0, 0.1) is 11.3 Å². The van der Waals surface area contributed by atoms with Crippen LogP contribution in [0.15, 0.2) is 55.0 Å². The molecule has 1 amide bonds. The smallest absolute Gasteiger partial charge is 0.232 e. The lowest BCUT2D eigenvalue weighted by atomic mass is 9.73. The van der Waals surface area contributed by atoms with Crippen LogP contribution in [0.3, 0.4) is 0 Å². The van der Waals surface area contributed by atoms with Crippen LogP contribution in [0.25, 0.3) is 0 Å². The van der Waals surface area contributed by atoms with Gasteiger partial charge in [0.1, 0.15) is 17.6 Å². The van der Waals surface area contributed by atoms with Gasteiger partial charge in [-0.1, -0.05) is 31.5 Å². The van der Waals surface area contributed by atoms with E-state index in [2.05, 4.69) is 23.3 Å². The maximum Gasteiger partial charge on any atom is 0.232 e. The highest BCUT2D eigenvalue weighted by molar-refractivity contribution is 5.88. The Morgan fingerprint density at radius 2 is 1.97 bits per heavy atom. The molecule has 1 aromatic heterocycles. The molecule has 5 rings (SSSR count). The summed E-state index contributed by atoms with van der Waals surface area (Å²) in [7, 11) is 3.91. The molecule has 3 heterocycles. The molecule has 0 bridgehead atoms. The van der Waals surface area contributed by atoms with Crippen molar-refractivity contribution in [1.29, 1.82) is 5.26 Å². The summed E-state index contributed by atoms with van der Waals surface area (Å²) in [5.74, 6) is 1.32. The molecule has 0 radical (unpaired) electrons. The van der Waals surface area contributed by atoms with Crippen LogP contribution < -0.4 is 10.1 Å². The molecule has 3 aromatic rings. The maximum absolute atomic E-state index is 13.5. The van der Waals surface area contributed by atoms with Crippen molar-refractivity contribution in [3.63, 3.8) is 0 Å². The molecule has 2 aliphatic rings. The second kappa shape index (κ2) is 10.0. The Balaban J connectivity index is 1.53. The number of amides is 1. The number of nitriles is 1. The molecule has 0 saturated carbocycles. The zero-order valence-electron chi connectivity index (χ0n) is 22.0. The molecule has 7 nitrogen and oxygen atoms in total. The van der Waals surface area contributed by atoms with Crippen molar-refractivity contribution < 1.29 is 9.53 Å². The van der Waals surface area contributed by atoms with Gasteiger partial charge in [-0.2, -0.15) is 5.26 Å². The van der Waals surface area contributed by atoms with Crippen LogP contribution in [-0.2, 0) is 22.8 Å². The lowest BCUT2D eigenvalue weighted by molar-refractivity contribution is -0.135. The number of benzene rings is 2. The number of aromatic nitrogens is 2. The van der Waals surface area contributed by atoms with E-state index in [1.807, 2.05) is 78.6 Å². The number of nitrogens with one attached hydrogen (secondary N) is 1. The van der Waals surface area contributed by atoms with Gasteiger partial charge >= 0.3 is 0 Å². The summed E-state index contributed by atoms with van der Waals surface area (Å²) in [5, 5.41) is 13.6. The minimum atomic E-state index is -0.554. The first-order chi connectivity index (χ1) is 17.9. The zero-order chi connectivity index (χ0) is 26.0. The Morgan fingerprint density at radius 1 is 1.11 bits per heavy atom. The SMILES string of the molecule is CC[C@]1(c2cccc(Oc3cc([C@]4(c5cncn5C)CCCN4)ccc3C#N)c2)CCCCN(C)C1=O. The van der Waals surface area contributed by atoms with Crippen molar-refractivity contribution >= 4 is 5.91 Å². The second-order valence-electron chi connectivity index (χ2n) is 10.4. The third-order valence-electron chi connectivity index (χ3n) is 8.33. The van der Waals surface area contributed by atoms with E-state index in [4.69, 9.17) is 4.74 Å². The molecule has 1 N–H and O–H groups in total.